The van der Waals surface area contributed by atoms with Crippen LogP contribution in [0.5, 0.6) is 5.75 Å². The van der Waals surface area contributed by atoms with Gasteiger partial charge in [0.15, 0.2) is 0 Å². The molecule has 220 valence electrons. The van der Waals surface area contributed by atoms with Crippen LogP contribution in [0.2, 0.25) is 0 Å². The second kappa shape index (κ2) is 14.4. The first-order valence-electron chi connectivity index (χ1n) is 14.1. The van der Waals surface area contributed by atoms with Gasteiger partial charge in [-0.2, -0.15) is 0 Å². The van der Waals surface area contributed by atoms with Crippen LogP contribution >= 0.6 is 0 Å². The fourth-order valence-corrected chi connectivity index (χ4v) is 5.07. The number of nitrogens with two attached hydrogens (primary N) is 2. The molecule has 10 nitrogen and oxygen atoms in total. The maximum atomic E-state index is 14.2. The Hall–Kier alpha value is -4.54. The number of carbonyl (C=O) groups is 4. The van der Waals surface area contributed by atoms with Gasteiger partial charge < -0.3 is 27.2 Å². The van der Waals surface area contributed by atoms with Gasteiger partial charge in [0.2, 0.25) is 17.7 Å². The Labute approximate surface area is 245 Å². The smallest absolute Gasteiger partial charge is 0.252 e. The summed E-state index contributed by atoms with van der Waals surface area (Å²) in [7, 11) is 0. The minimum absolute atomic E-state index is 0.0666. The van der Waals surface area contributed by atoms with Gasteiger partial charge in [-0.1, -0.05) is 72.8 Å². The van der Waals surface area contributed by atoms with Crippen molar-refractivity contribution in [3.05, 3.63) is 102 Å². The third-order valence-electron chi connectivity index (χ3n) is 7.29. The van der Waals surface area contributed by atoms with Gasteiger partial charge in [-0.15, -0.1) is 0 Å². The topological polar surface area (TPSA) is 168 Å². The average Bonchev–Trinajstić information content (AvgIpc) is 3.02. The minimum Gasteiger partial charge on any atom is -0.508 e. The number of nitrogens with zero attached hydrogens (tertiary/aromatic N) is 1. The van der Waals surface area contributed by atoms with Crippen molar-refractivity contribution in [1.29, 1.82) is 0 Å². The Morgan fingerprint density at radius 3 is 1.90 bits per heavy atom. The number of amides is 4. The van der Waals surface area contributed by atoms with Gasteiger partial charge in [-0.3, -0.25) is 24.1 Å². The molecule has 1 aliphatic heterocycles. The highest BCUT2D eigenvalue weighted by atomic mass is 16.3. The van der Waals surface area contributed by atoms with Gasteiger partial charge in [-0.05, 0) is 54.6 Å². The molecule has 7 N–H and O–H groups in total. The van der Waals surface area contributed by atoms with E-state index in [2.05, 4.69) is 10.6 Å². The number of nitrogens with one attached hydrogen (secondary N) is 2. The number of carbonyl (C=O) groups excluding carboxylic acids is 4. The first-order chi connectivity index (χ1) is 20.3. The minimum atomic E-state index is -1.22. The Morgan fingerprint density at radius 1 is 0.786 bits per heavy atom. The highest BCUT2D eigenvalue weighted by Crippen LogP contribution is 2.19. The van der Waals surface area contributed by atoms with Gasteiger partial charge in [0.05, 0.1) is 6.04 Å². The van der Waals surface area contributed by atoms with Crippen LogP contribution in [0.3, 0.4) is 0 Å². The Balaban J connectivity index is 1.72. The molecule has 0 aromatic heterocycles. The SMILES string of the molecule is NCCC[C@@H]1C(=O)N[C@@H](Cc2ccccc2)C(=O)N[C@@H](Cc2ccccc2)C(=O)N1C(=O)[C@@H](N)Cc1ccc(O)cc1. The third kappa shape index (κ3) is 7.80. The largest absolute Gasteiger partial charge is 0.508 e. The van der Waals surface area contributed by atoms with Crippen molar-refractivity contribution in [2.45, 2.75) is 56.3 Å². The van der Waals surface area contributed by atoms with E-state index in [0.29, 0.717) is 12.0 Å². The van der Waals surface area contributed by atoms with Crippen molar-refractivity contribution in [1.82, 2.24) is 15.5 Å². The zero-order valence-corrected chi connectivity index (χ0v) is 23.3. The molecule has 0 unspecified atom stereocenters. The van der Waals surface area contributed by atoms with Crippen molar-refractivity contribution in [2.24, 2.45) is 11.5 Å². The summed E-state index contributed by atoms with van der Waals surface area (Å²) < 4.78 is 0. The van der Waals surface area contributed by atoms with E-state index in [1.807, 2.05) is 60.7 Å². The standard InChI is InChI=1S/C32H37N5O5/c33-17-7-12-28-30(40)35-26(19-21-8-3-1-4-9-21)29(39)36-27(20-22-10-5-2-6-11-22)32(42)37(28)31(41)25(34)18-23-13-15-24(38)16-14-23/h1-6,8-11,13-16,25-28,38H,7,12,17-20,33-34H2,(H,35,40)(H,36,39)/t25-,26-,27-,28+/m0/s1. The lowest BCUT2D eigenvalue weighted by Crippen LogP contribution is -2.60. The van der Waals surface area contributed by atoms with E-state index < -0.39 is 47.8 Å². The monoisotopic (exact) mass is 571 g/mol. The van der Waals surface area contributed by atoms with Crippen molar-refractivity contribution < 1.29 is 24.3 Å². The van der Waals surface area contributed by atoms with E-state index in [1.54, 1.807) is 12.1 Å². The molecule has 0 saturated carbocycles. The Kier molecular flexibility index (Phi) is 10.4. The van der Waals surface area contributed by atoms with Gasteiger partial charge >= 0.3 is 0 Å². The summed E-state index contributed by atoms with van der Waals surface area (Å²) in [6.45, 7) is 0.234. The van der Waals surface area contributed by atoms with Crippen LogP contribution in [-0.2, 0) is 38.4 Å². The zero-order chi connectivity index (χ0) is 30.1. The van der Waals surface area contributed by atoms with Crippen LogP contribution in [0.15, 0.2) is 84.9 Å². The lowest BCUT2D eigenvalue weighted by molar-refractivity contribution is -0.154. The molecule has 1 saturated heterocycles. The van der Waals surface area contributed by atoms with Gasteiger partial charge in [0.1, 0.15) is 23.9 Å². The molecular formula is C32H37N5O5. The Morgan fingerprint density at radius 2 is 1.33 bits per heavy atom. The molecule has 4 atom stereocenters. The summed E-state index contributed by atoms with van der Waals surface area (Å²) in [6.07, 6.45) is 0.841. The van der Waals surface area contributed by atoms with Crippen molar-refractivity contribution in [3.8, 4) is 5.75 Å². The van der Waals surface area contributed by atoms with Crippen LogP contribution in [0.1, 0.15) is 29.5 Å². The summed E-state index contributed by atoms with van der Waals surface area (Å²) in [5, 5.41) is 15.2. The molecular weight excluding hydrogens is 534 g/mol. The van der Waals surface area contributed by atoms with Crippen LogP contribution in [0.25, 0.3) is 0 Å². The van der Waals surface area contributed by atoms with Crippen LogP contribution in [0.4, 0.5) is 0 Å². The second-order valence-electron chi connectivity index (χ2n) is 10.5. The molecule has 0 spiro atoms. The van der Waals surface area contributed by atoms with E-state index >= 15 is 0 Å². The first-order valence-corrected chi connectivity index (χ1v) is 14.1. The molecule has 42 heavy (non-hydrogen) atoms. The predicted octanol–water partition coefficient (Wildman–Crippen LogP) is 1.19. The summed E-state index contributed by atoms with van der Waals surface area (Å²) in [4.78, 5) is 56.4. The number of aromatic hydroxyl groups is 1. The predicted molar refractivity (Wildman–Crippen MR) is 158 cm³/mol. The van der Waals surface area contributed by atoms with Crippen molar-refractivity contribution >= 4 is 23.6 Å². The van der Waals surface area contributed by atoms with Crippen LogP contribution < -0.4 is 22.1 Å². The number of benzene rings is 3. The van der Waals surface area contributed by atoms with E-state index in [9.17, 15) is 24.3 Å². The number of hydrogen-bond donors (Lipinski definition) is 5. The maximum Gasteiger partial charge on any atom is 0.252 e. The van der Waals surface area contributed by atoms with Crippen LogP contribution in [-0.4, -0.2) is 64.3 Å². The lowest BCUT2D eigenvalue weighted by Gasteiger charge is -2.33. The lowest BCUT2D eigenvalue weighted by atomic mass is 9.99. The number of imide groups is 1. The summed E-state index contributed by atoms with van der Waals surface area (Å²) in [5.74, 6) is -2.54. The highest BCUT2D eigenvalue weighted by molar-refractivity contribution is 6.06. The number of rotatable bonds is 10. The summed E-state index contributed by atoms with van der Waals surface area (Å²) in [5.41, 5.74) is 14.4. The van der Waals surface area contributed by atoms with E-state index in [4.69, 9.17) is 11.5 Å². The molecule has 0 radical (unpaired) electrons. The number of hydrogen-bond acceptors (Lipinski definition) is 7. The number of phenolic OH excluding ortho intramolecular Hbond substituents is 1. The third-order valence-corrected chi connectivity index (χ3v) is 7.29. The zero-order valence-electron chi connectivity index (χ0n) is 23.3. The quantitative estimate of drug-likeness (QED) is 0.244. The molecule has 3 aromatic rings. The molecule has 3 aromatic carbocycles. The second-order valence-corrected chi connectivity index (χ2v) is 10.5. The van der Waals surface area contributed by atoms with E-state index in [1.165, 1.54) is 12.1 Å². The highest BCUT2D eigenvalue weighted by Gasteiger charge is 2.43. The molecule has 1 aliphatic rings. The van der Waals surface area contributed by atoms with E-state index in [0.717, 1.165) is 16.0 Å². The maximum absolute atomic E-state index is 14.2. The Bertz CT molecular complexity index is 1370. The first kappa shape index (κ1) is 30.4. The van der Waals surface area contributed by atoms with Crippen molar-refractivity contribution in [2.75, 3.05) is 6.54 Å². The molecule has 4 amide bonds. The summed E-state index contributed by atoms with van der Waals surface area (Å²) >= 11 is 0. The molecule has 1 fully saturated rings. The molecule has 0 aliphatic carbocycles. The molecule has 0 bridgehead atoms. The average molecular weight is 572 g/mol. The number of phenols is 1. The van der Waals surface area contributed by atoms with E-state index in [-0.39, 0.29) is 38.0 Å². The van der Waals surface area contributed by atoms with Crippen molar-refractivity contribution in [3.63, 3.8) is 0 Å². The van der Waals surface area contributed by atoms with Gasteiger partial charge in [0.25, 0.3) is 5.91 Å². The summed E-state index contributed by atoms with van der Waals surface area (Å²) in [6, 6.07) is 20.1. The fourth-order valence-electron chi connectivity index (χ4n) is 5.07. The fraction of sp³-hybridized carbons (Fsp3) is 0.312. The molecule has 10 heteroatoms. The normalized spacial score (nSPS) is 20.1. The van der Waals surface area contributed by atoms with Gasteiger partial charge in [-0.25, -0.2) is 0 Å². The molecule has 1 heterocycles. The van der Waals surface area contributed by atoms with Crippen LogP contribution in [0, 0.1) is 0 Å². The molecule has 4 rings (SSSR count). The van der Waals surface area contributed by atoms with Gasteiger partial charge in [0, 0.05) is 12.8 Å².